The van der Waals surface area contributed by atoms with Crippen LogP contribution in [0.15, 0.2) is 42.5 Å². The van der Waals surface area contributed by atoms with E-state index in [9.17, 15) is 9.59 Å². The fourth-order valence-corrected chi connectivity index (χ4v) is 2.36. The first kappa shape index (κ1) is 20.1. The average Bonchev–Trinajstić information content (AvgIpc) is 2.72. The van der Waals surface area contributed by atoms with Crippen LogP contribution in [0.5, 0.6) is 17.2 Å². The first-order chi connectivity index (χ1) is 13.1. The van der Waals surface area contributed by atoms with Crippen molar-refractivity contribution in [3.8, 4) is 17.2 Å². The van der Waals surface area contributed by atoms with Crippen LogP contribution in [0.25, 0.3) is 0 Å². The molecule has 0 bridgehead atoms. The van der Waals surface area contributed by atoms with Gasteiger partial charge >= 0.3 is 5.97 Å². The van der Waals surface area contributed by atoms with Gasteiger partial charge in [0.15, 0.2) is 18.1 Å². The first-order valence-corrected chi connectivity index (χ1v) is 8.36. The summed E-state index contributed by atoms with van der Waals surface area (Å²) in [5.74, 6) is 0.793. The van der Waals surface area contributed by atoms with Gasteiger partial charge in [0.2, 0.25) is 0 Å². The van der Waals surface area contributed by atoms with Crippen LogP contribution < -0.4 is 19.5 Å². The molecule has 0 heterocycles. The van der Waals surface area contributed by atoms with Gasteiger partial charge in [-0.15, -0.1) is 0 Å². The van der Waals surface area contributed by atoms with Crippen molar-refractivity contribution in [1.29, 1.82) is 0 Å². The van der Waals surface area contributed by atoms with E-state index in [2.05, 4.69) is 10.1 Å². The maximum Gasteiger partial charge on any atom is 0.337 e. The second kappa shape index (κ2) is 10.1. The zero-order valence-electron chi connectivity index (χ0n) is 15.6. The highest BCUT2D eigenvalue weighted by molar-refractivity contribution is 5.90. The number of benzene rings is 2. The van der Waals surface area contributed by atoms with Gasteiger partial charge in [-0.1, -0.05) is 12.1 Å². The molecule has 0 aliphatic heterocycles. The van der Waals surface area contributed by atoms with Gasteiger partial charge in [-0.05, 0) is 42.3 Å². The number of ether oxygens (including phenoxy) is 4. The van der Waals surface area contributed by atoms with Crippen LogP contribution in [0, 0.1) is 0 Å². The van der Waals surface area contributed by atoms with Crippen LogP contribution in [-0.2, 0) is 16.0 Å². The molecule has 0 aliphatic carbocycles. The summed E-state index contributed by atoms with van der Waals surface area (Å²) in [5.41, 5.74) is 1.43. The molecule has 7 nitrogen and oxygen atoms in total. The van der Waals surface area contributed by atoms with Gasteiger partial charge in [0.05, 0.1) is 26.9 Å². The zero-order valence-corrected chi connectivity index (χ0v) is 15.6. The van der Waals surface area contributed by atoms with Crippen molar-refractivity contribution in [2.75, 3.05) is 34.5 Å². The average molecular weight is 373 g/mol. The summed E-state index contributed by atoms with van der Waals surface area (Å²) < 4.78 is 20.5. The van der Waals surface area contributed by atoms with Crippen LogP contribution in [0.4, 0.5) is 0 Å². The number of hydrogen-bond donors (Lipinski definition) is 1. The molecule has 0 atom stereocenters. The highest BCUT2D eigenvalue weighted by atomic mass is 16.5. The van der Waals surface area contributed by atoms with Crippen molar-refractivity contribution in [2.24, 2.45) is 0 Å². The van der Waals surface area contributed by atoms with E-state index in [1.807, 2.05) is 24.3 Å². The molecule has 0 saturated heterocycles. The molecular formula is C20H23NO6. The summed E-state index contributed by atoms with van der Waals surface area (Å²) in [6.45, 7) is 0.337. The van der Waals surface area contributed by atoms with Gasteiger partial charge in [0, 0.05) is 6.54 Å². The molecule has 1 amide bonds. The smallest absolute Gasteiger partial charge is 0.337 e. The minimum atomic E-state index is -0.476. The molecule has 144 valence electrons. The topological polar surface area (TPSA) is 83.1 Å². The number of amides is 1. The molecule has 2 aromatic rings. The van der Waals surface area contributed by atoms with Gasteiger partial charge in [0.1, 0.15) is 5.75 Å². The molecule has 0 aromatic heterocycles. The largest absolute Gasteiger partial charge is 0.497 e. The highest BCUT2D eigenvalue weighted by Gasteiger charge is 2.12. The number of hydrogen-bond acceptors (Lipinski definition) is 6. The van der Waals surface area contributed by atoms with Crippen molar-refractivity contribution in [1.82, 2.24) is 5.32 Å². The lowest BCUT2D eigenvalue weighted by molar-refractivity contribution is -0.123. The van der Waals surface area contributed by atoms with Crippen LogP contribution in [0.1, 0.15) is 15.9 Å². The Balaban J connectivity index is 1.81. The Morgan fingerprint density at radius 2 is 1.67 bits per heavy atom. The molecule has 0 fully saturated rings. The quantitative estimate of drug-likeness (QED) is 0.679. The molecule has 2 rings (SSSR count). The number of carbonyl (C=O) groups excluding carboxylic acids is 2. The van der Waals surface area contributed by atoms with E-state index in [1.165, 1.54) is 20.3 Å². The Labute approximate surface area is 158 Å². The van der Waals surface area contributed by atoms with Crippen molar-refractivity contribution >= 4 is 11.9 Å². The second-order valence-corrected chi connectivity index (χ2v) is 5.59. The number of methoxy groups -OCH3 is 3. The molecule has 0 saturated carbocycles. The summed E-state index contributed by atoms with van der Waals surface area (Å²) in [6.07, 6.45) is 0.701. The Hall–Kier alpha value is -3.22. The minimum Gasteiger partial charge on any atom is -0.497 e. The lowest BCUT2D eigenvalue weighted by atomic mass is 10.1. The van der Waals surface area contributed by atoms with Crippen molar-refractivity contribution in [2.45, 2.75) is 6.42 Å². The first-order valence-electron chi connectivity index (χ1n) is 8.36. The molecular weight excluding hydrogens is 350 g/mol. The highest BCUT2D eigenvalue weighted by Crippen LogP contribution is 2.28. The van der Waals surface area contributed by atoms with Crippen LogP contribution >= 0.6 is 0 Å². The zero-order chi connectivity index (χ0) is 19.6. The molecule has 0 radical (unpaired) electrons. The lowest BCUT2D eigenvalue weighted by Gasteiger charge is -2.12. The molecule has 7 heteroatoms. The van der Waals surface area contributed by atoms with Crippen molar-refractivity contribution in [3.63, 3.8) is 0 Å². The summed E-state index contributed by atoms with van der Waals surface area (Å²) >= 11 is 0. The standard InChI is InChI=1S/C20H23NO6/c1-24-16-7-4-14(5-8-16)10-11-21-19(22)13-27-17-9-6-15(20(23)26-3)12-18(17)25-2/h4-9,12H,10-11,13H2,1-3H3,(H,21,22). The fourth-order valence-electron chi connectivity index (χ4n) is 2.36. The summed E-state index contributed by atoms with van der Waals surface area (Å²) in [7, 11) is 4.38. The van der Waals surface area contributed by atoms with E-state index in [-0.39, 0.29) is 12.5 Å². The van der Waals surface area contributed by atoms with Crippen molar-refractivity contribution in [3.05, 3.63) is 53.6 Å². The number of rotatable bonds is 9. The van der Waals surface area contributed by atoms with Gasteiger partial charge in [-0.25, -0.2) is 4.79 Å². The predicted octanol–water partition coefficient (Wildman–Crippen LogP) is 2.23. The van der Waals surface area contributed by atoms with E-state index in [4.69, 9.17) is 14.2 Å². The maximum atomic E-state index is 12.0. The van der Waals surface area contributed by atoms with Gasteiger partial charge in [0.25, 0.3) is 5.91 Å². The maximum absolute atomic E-state index is 12.0. The normalized spacial score (nSPS) is 10.0. The Morgan fingerprint density at radius 3 is 2.30 bits per heavy atom. The van der Waals surface area contributed by atoms with E-state index in [1.54, 1.807) is 19.2 Å². The van der Waals surface area contributed by atoms with Crippen LogP contribution in [-0.4, -0.2) is 46.4 Å². The van der Waals surface area contributed by atoms with E-state index >= 15 is 0 Å². The van der Waals surface area contributed by atoms with Gasteiger partial charge in [-0.3, -0.25) is 4.79 Å². The van der Waals surface area contributed by atoms with E-state index < -0.39 is 5.97 Å². The minimum absolute atomic E-state index is 0.156. The number of nitrogens with one attached hydrogen (secondary N) is 1. The Morgan fingerprint density at radius 1 is 0.926 bits per heavy atom. The SMILES string of the molecule is COC(=O)c1ccc(OCC(=O)NCCc2ccc(OC)cc2)c(OC)c1. The third-order valence-corrected chi connectivity index (χ3v) is 3.84. The van der Waals surface area contributed by atoms with Gasteiger partial charge < -0.3 is 24.3 Å². The summed E-state index contributed by atoms with van der Waals surface area (Å²) in [5, 5.41) is 2.80. The third kappa shape index (κ3) is 5.91. The van der Waals surface area contributed by atoms with Crippen LogP contribution in [0.3, 0.4) is 0 Å². The van der Waals surface area contributed by atoms with E-state index in [0.717, 1.165) is 11.3 Å². The Bertz CT molecular complexity index is 773. The van der Waals surface area contributed by atoms with Crippen LogP contribution in [0.2, 0.25) is 0 Å². The fraction of sp³-hybridized carbons (Fsp3) is 0.300. The molecule has 0 unspecified atom stereocenters. The number of carbonyl (C=O) groups is 2. The molecule has 27 heavy (non-hydrogen) atoms. The van der Waals surface area contributed by atoms with E-state index in [0.29, 0.717) is 30.0 Å². The summed E-state index contributed by atoms with van der Waals surface area (Å²) in [4.78, 5) is 23.5. The third-order valence-electron chi connectivity index (χ3n) is 3.84. The summed E-state index contributed by atoms with van der Waals surface area (Å²) in [6, 6.07) is 12.3. The second-order valence-electron chi connectivity index (χ2n) is 5.59. The van der Waals surface area contributed by atoms with Gasteiger partial charge in [-0.2, -0.15) is 0 Å². The molecule has 0 aliphatic rings. The Kier molecular flexibility index (Phi) is 7.49. The molecule has 1 N–H and O–H groups in total. The molecule has 2 aromatic carbocycles. The number of esters is 1. The molecule has 0 spiro atoms. The van der Waals surface area contributed by atoms with Crippen molar-refractivity contribution < 1.29 is 28.5 Å². The predicted molar refractivity (Wildman–Crippen MR) is 99.5 cm³/mol. The lowest BCUT2D eigenvalue weighted by Crippen LogP contribution is -2.30. The monoisotopic (exact) mass is 373 g/mol.